The van der Waals surface area contributed by atoms with Crippen molar-refractivity contribution in [2.24, 2.45) is 0 Å². The van der Waals surface area contributed by atoms with Crippen molar-refractivity contribution in [1.82, 2.24) is 4.90 Å². The van der Waals surface area contributed by atoms with Crippen LogP contribution in [0.2, 0.25) is 0 Å². The highest BCUT2D eigenvalue weighted by Gasteiger charge is 2.19. The monoisotopic (exact) mass is 456 g/mol. The molecule has 168 valence electrons. The van der Waals surface area contributed by atoms with E-state index in [0.717, 1.165) is 11.6 Å². The molecule has 6 nitrogen and oxygen atoms in total. The maximum atomic E-state index is 13.8. The Labute approximate surface area is 187 Å². The number of benzene rings is 3. The lowest BCUT2D eigenvalue weighted by Crippen LogP contribution is -2.33. The van der Waals surface area contributed by atoms with Crippen LogP contribution in [0.25, 0.3) is 0 Å². The Morgan fingerprint density at radius 1 is 1.03 bits per heavy atom. The lowest BCUT2D eigenvalue weighted by atomic mass is 10.1. The molecule has 0 atom stereocenters. The topological polar surface area (TPSA) is 75.7 Å². The Hall–Kier alpha value is -3.23. The molecule has 1 amide bonds. The second-order valence-corrected chi connectivity index (χ2v) is 8.98. The molecule has 0 aliphatic rings. The van der Waals surface area contributed by atoms with E-state index in [1.807, 2.05) is 30.3 Å². The van der Waals surface area contributed by atoms with Crippen molar-refractivity contribution in [3.8, 4) is 0 Å². The highest BCUT2D eigenvalue weighted by Crippen LogP contribution is 2.20. The average molecular weight is 457 g/mol. The lowest BCUT2D eigenvalue weighted by molar-refractivity contribution is 0.0680. The fourth-order valence-corrected chi connectivity index (χ4v) is 4.17. The van der Waals surface area contributed by atoms with Gasteiger partial charge in [-0.15, -0.1) is 0 Å². The molecule has 0 radical (unpaired) electrons. The van der Waals surface area contributed by atoms with Gasteiger partial charge in [0.15, 0.2) is 0 Å². The van der Waals surface area contributed by atoms with Crippen LogP contribution in [0.15, 0.2) is 77.7 Å². The van der Waals surface area contributed by atoms with Crippen LogP contribution in [-0.2, 0) is 21.3 Å². The molecule has 0 unspecified atom stereocenters. The Kier molecular flexibility index (Phi) is 7.61. The average Bonchev–Trinajstić information content (AvgIpc) is 2.78. The van der Waals surface area contributed by atoms with Crippen molar-refractivity contribution in [3.05, 3.63) is 95.3 Å². The molecule has 3 rings (SSSR count). The third-order valence-electron chi connectivity index (χ3n) is 4.88. The smallest absolute Gasteiger partial charge is 0.261 e. The van der Waals surface area contributed by atoms with Gasteiger partial charge in [0.05, 0.1) is 11.5 Å². The molecule has 0 aliphatic heterocycles. The van der Waals surface area contributed by atoms with Crippen molar-refractivity contribution in [3.63, 3.8) is 0 Å². The number of rotatable bonds is 9. The number of hydrogen-bond acceptors (Lipinski definition) is 4. The summed E-state index contributed by atoms with van der Waals surface area (Å²) in [5, 5.41) is 0. The zero-order chi connectivity index (χ0) is 23.1. The Morgan fingerprint density at radius 2 is 1.78 bits per heavy atom. The van der Waals surface area contributed by atoms with Crippen LogP contribution in [0.4, 0.5) is 10.1 Å². The first-order valence-electron chi connectivity index (χ1n) is 10.0. The van der Waals surface area contributed by atoms with Gasteiger partial charge in [-0.1, -0.05) is 42.5 Å². The predicted molar refractivity (Wildman–Crippen MR) is 121 cm³/mol. The standard InChI is InChI=1S/C24H25FN2O4S/c1-18-11-12-22(16-23(18)25)32(29,30)26-21-10-6-9-20(15-21)24(28)27(13-14-31-2)17-19-7-4-3-5-8-19/h3-12,15-16,26H,13-14,17H2,1-2H3. The molecule has 8 heteroatoms. The Morgan fingerprint density at radius 3 is 2.47 bits per heavy atom. The van der Waals surface area contributed by atoms with Gasteiger partial charge >= 0.3 is 0 Å². The Bertz CT molecular complexity index is 1180. The first-order valence-corrected chi connectivity index (χ1v) is 11.5. The number of halogens is 1. The fraction of sp³-hybridized carbons (Fsp3) is 0.208. The minimum absolute atomic E-state index is 0.192. The second-order valence-electron chi connectivity index (χ2n) is 7.30. The van der Waals surface area contributed by atoms with Gasteiger partial charge in [0.25, 0.3) is 15.9 Å². The summed E-state index contributed by atoms with van der Waals surface area (Å²) in [6, 6.07) is 19.5. The van der Waals surface area contributed by atoms with E-state index < -0.39 is 15.8 Å². The van der Waals surface area contributed by atoms with Crippen LogP contribution in [0.1, 0.15) is 21.5 Å². The normalized spacial score (nSPS) is 11.2. The van der Waals surface area contributed by atoms with Crippen molar-refractivity contribution in [2.75, 3.05) is 25.0 Å². The number of anilines is 1. The second kappa shape index (κ2) is 10.4. The van der Waals surface area contributed by atoms with Crippen LogP contribution in [0.3, 0.4) is 0 Å². The van der Waals surface area contributed by atoms with Crippen LogP contribution in [0, 0.1) is 12.7 Å². The fourth-order valence-electron chi connectivity index (χ4n) is 3.11. The number of sulfonamides is 1. The molecule has 1 N–H and O–H groups in total. The molecule has 32 heavy (non-hydrogen) atoms. The summed E-state index contributed by atoms with van der Waals surface area (Å²) in [5.41, 5.74) is 1.86. The van der Waals surface area contributed by atoms with Gasteiger partial charge in [-0.3, -0.25) is 9.52 Å². The largest absolute Gasteiger partial charge is 0.383 e. The van der Waals surface area contributed by atoms with E-state index >= 15 is 0 Å². The predicted octanol–water partition coefficient (Wildman–Crippen LogP) is 4.22. The molecule has 0 saturated carbocycles. The maximum Gasteiger partial charge on any atom is 0.261 e. The van der Waals surface area contributed by atoms with E-state index in [1.54, 1.807) is 31.1 Å². The van der Waals surface area contributed by atoms with Crippen molar-refractivity contribution in [1.29, 1.82) is 0 Å². The summed E-state index contributed by atoms with van der Waals surface area (Å²) in [4.78, 5) is 14.6. The van der Waals surface area contributed by atoms with Crippen LogP contribution in [0.5, 0.6) is 0 Å². The van der Waals surface area contributed by atoms with Gasteiger partial charge in [0.1, 0.15) is 5.82 Å². The van der Waals surface area contributed by atoms with Gasteiger partial charge in [0, 0.05) is 31.5 Å². The van der Waals surface area contributed by atoms with Gasteiger partial charge in [-0.05, 0) is 48.4 Å². The van der Waals surface area contributed by atoms with Crippen LogP contribution < -0.4 is 4.72 Å². The summed E-state index contributed by atoms with van der Waals surface area (Å²) < 4.78 is 46.7. The van der Waals surface area contributed by atoms with E-state index in [4.69, 9.17) is 4.74 Å². The SMILES string of the molecule is COCCN(Cc1ccccc1)C(=O)c1cccc(NS(=O)(=O)c2ccc(C)c(F)c2)c1. The summed E-state index contributed by atoms with van der Waals surface area (Å²) in [6.45, 7) is 2.69. The van der Waals surface area contributed by atoms with Crippen molar-refractivity contribution in [2.45, 2.75) is 18.4 Å². The maximum absolute atomic E-state index is 13.8. The first kappa shape index (κ1) is 23.4. The van der Waals surface area contributed by atoms with E-state index in [1.165, 1.54) is 24.3 Å². The molecular weight excluding hydrogens is 431 g/mol. The molecule has 0 saturated heterocycles. The van der Waals surface area contributed by atoms with E-state index in [0.29, 0.717) is 30.8 Å². The molecule has 0 bridgehead atoms. The van der Waals surface area contributed by atoms with Gasteiger partial charge in [-0.2, -0.15) is 0 Å². The van der Waals surface area contributed by atoms with Crippen molar-refractivity contribution < 1.29 is 22.3 Å². The van der Waals surface area contributed by atoms with Crippen LogP contribution in [-0.4, -0.2) is 39.5 Å². The molecule has 3 aromatic carbocycles. The van der Waals surface area contributed by atoms with E-state index in [2.05, 4.69) is 4.72 Å². The zero-order valence-electron chi connectivity index (χ0n) is 17.9. The number of nitrogens with one attached hydrogen (secondary N) is 1. The quantitative estimate of drug-likeness (QED) is 0.523. The highest BCUT2D eigenvalue weighted by atomic mass is 32.2. The van der Waals surface area contributed by atoms with Crippen molar-refractivity contribution >= 4 is 21.6 Å². The molecule has 0 fully saturated rings. The minimum Gasteiger partial charge on any atom is -0.383 e. The number of carbonyl (C=O) groups is 1. The van der Waals surface area contributed by atoms with Crippen LogP contribution >= 0.6 is 0 Å². The number of methoxy groups -OCH3 is 1. The number of amides is 1. The number of carbonyl (C=O) groups excluding carboxylic acids is 1. The third-order valence-corrected chi connectivity index (χ3v) is 6.26. The lowest BCUT2D eigenvalue weighted by Gasteiger charge is -2.23. The molecule has 0 aliphatic carbocycles. The summed E-state index contributed by atoms with van der Waals surface area (Å²) in [6.07, 6.45) is 0. The first-order chi connectivity index (χ1) is 15.3. The molecule has 0 aromatic heterocycles. The van der Waals surface area contributed by atoms with E-state index in [-0.39, 0.29) is 16.5 Å². The summed E-state index contributed by atoms with van der Waals surface area (Å²) in [5.74, 6) is -0.861. The minimum atomic E-state index is -4.01. The number of ether oxygens (including phenoxy) is 1. The zero-order valence-corrected chi connectivity index (χ0v) is 18.7. The van der Waals surface area contributed by atoms with Gasteiger partial charge in [-0.25, -0.2) is 12.8 Å². The van der Waals surface area contributed by atoms with E-state index in [9.17, 15) is 17.6 Å². The molecular formula is C24H25FN2O4S. The number of aryl methyl sites for hydroxylation is 1. The summed E-state index contributed by atoms with van der Waals surface area (Å²) >= 11 is 0. The molecule has 0 heterocycles. The third kappa shape index (κ3) is 5.93. The summed E-state index contributed by atoms with van der Waals surface area (Å²) in [7, 11) is -2.45. The highest BCUT2D eigenvalue weighted by molar-refractivity contribution is 7.92. The number of hydrogen-bond donors (Lipinski definition) is 1. The van der Waals surface area contributed by atoms with Gasteiger partial charge < -0.3 is 9.64 Å². The molecule has 3 aromatic rings. The van der Waals surface area contributed by atoms with Gasteiger partial charge in [0.2, 0.25) is 0 Å². The molecule has 0 spiro atoms. The Balaban J connectivity index is 1.82. The number of nitrogens with zero attached hydrogens (tertiary/aromatic N) is 1.